The number of hydrogen-bond acceptors (Lipinski definition) is 2. The van der Waals surface area contributed by atoms with Crippen LogP contribution in [0.5, 0.6) is 5.75 Å². The molecule has 0 saturated heterocycles. The van der Waals surface area contributed by atoms with E-state index in [2.05, 4.69) is 16.7 Å². The summed E-state index contributed by atoms with van der Waals surface area (Å²) in [6.45, 7) is 0. The number of para-hydroxylation sites is 1. The smallest absolute Gasteiger partial charge is 0.214 e. The molecule has 0 amide bonds. The number of benzene rings is 2. The van der Waals surface area contributed by atoms with Gasteiger partial charge in [0, 0.05) is 5.56 Å². The third-order valence-corrected chi connectivity index (χ3v) is 3.51. The highest BCUT2D eigenvalue weighted by molar-refractivity contribution is 5.78. The Hall–Kier alpha value is -2.55. The van der Waals surface area contributed by atoms with Crippen LogP contribution < -0.4 is 14.7 Å². The average Bonchev–Trinajstić information content (AvgIpc) is 2.53. The molecule has 0 N–H and O–H groups in total. The first-order valence-corrected chi connectivity index (χ1v) is 6.86. The van der Waals surface area contributed by atoms with E-state index in [-0.39, 0.29) is 0 Å². The lowest BCUT2D eigenvalue weighted by atomic mass is 10.1. The van der Waals surface area contributed by atoms with Crippen molar-refractivity contribution >= 4 is 11.0 Å². The van der Waals surface area contributed by atoms with E-state index < -0.39 is 0 Å². The Labute approximate surface area is 123 Å². The third-order valence-electron chi connectivity index (χ3n) is 3.51. The Morgan fingerprint density at radius 2 is 1.67 bits per heavy atom. The standard InChI is InChI=1S/C18H18NO2/c1-19(2)16-12-18(13-8-10-14(20-3)11-9-13)21-17-7-5-4-6-15(16)17/h4-12H,1-3H3/q+1. The highest BCUT2D eigenvalue weighted by atomic mass is 16.5. The molecule has 2 aromatic carbocycles. The third kappa shape index (κ3) is 2.55. The maximum Gasteiger partial charge on any atom is 0.214 e. The van der Waals surface area contributed by atoms with Crippen LogP contribution in [0.1, 0.15) is 0 Å². The zero-order valence-electron chi connectivity index (χ0n) is 12.5. The first kappa shape index (κ1) is 13.4. The fourth-order valence-electron chi connectivity index (χ4n) is 2.38. The molecule has 0 aliphatic rings. The summed E-state index contributed by atoms with van der Waals surface area (Å²) < 4.78 is 13.3. The van der Waals surface area contributed by atoms with Crippen LogP contribution in [0.4, 0.5) is 0 Å². The highest BCUT2D eigenvalue weighted by Crippen LogP contribution is 2.24. The summed E-state index contributed by atoms with van der Waals surface area (Å²) in [6, 6.07) is 18.1. The van der Waals surface area contributed by atoms with Gasteiger partial charge in [-0.15, -0.1) is 0 Å². The lowest BCUT2D eigenvalue weighted by molar-refractivity contribution is 0.415. The second kappa shape index (κ2) is 5.44. The van der Waals surface area contributed by atoms with Crippen molar-refractivity contribution in [3.63, 3.8) is 0 Å². The zero-order valence-corrected chi connectivity index (χ0v) is 12.5. The van der Waals surface area contributed by atoms with Crippen LogP contribution in [0.3, 0.4) is 0 Å². The molecule has 3 heteroatoms. The van der Waals surface area contributed by atoms with Gasteiger partial charge in [0.25, 0.3) is 0 Å². The molecule has 3 rings (SSSR count). The van der Waals surface area contributed by atoms with Gasteiger partial charge in [-0.05, 0) is 36.4 Å². The minimum absolute atomic E-state index is 0.840. The van der Waals surface area contributed by atoms with Gasteiger partial charge in [-0.1, -0.05) is 12.1 Å². The summed E-state index contributed by atoms with van der Waals surface area (Å²) in [4.78, 5) is 0. The lowest BCUT2D eigenvalue weighted by Crippen LogP contribution is -2.22. The van der Waals surface area contributed by atoms with Crippen molar-refractivity contribution in [3.8, 4) is 17.1 Å². The Morgan fingerprint density at radius 1 is 0.952 bits per heavy atom. The van der Waals surface area contributed by atoms with Gasteiger partial charge in [0.2, 0.25) is 5.36 Å². The molecule has 0 radical (unpaired) electrons. The minimum Gasteiger partial charge on any atom is -0.497 e. The molecular formula is C18H18NO2+. The van der Waals surface area contributed by atoms with Crippen LogP contribution in [0.25, 0.3) is 22.3 Å². The van der Waals surface area contributed by atoms with Gasteiger partial charge in [0.15, 0.2) is 0 Å². The van der Waals surface area contributed by atoms with E-state index in [1.165, 1.54) is 0 Å². The van der Waals surface area contributed by atoms with E-state index in [1.54, 1.807) is 7.11 Å². The highest BCUT2D eigenvalue weighted by Gasteiger charge is 2.09. The van der Waals surface area contributed by atoms with Crippen molar-refractivity contribution in [1.29, 1.82) is 0 Å². The molecule has 1 heterocycles. The Balaban J connectivity index is 2.26. The molecule has 106 valence electrons. The first-order chi connectivity index (χ1) is 10.2. The van der Waals surface area contributed by atoms with E-state index in [4.69, 9.17) is 9.15 Å². The van der Waals surface area contributed by atoms with Crippen LogP contribution in [0.2, 0.25) is 0 Å². The van der Waals surface area contributed by atoms with Crippen molar-refractivity contribution in [3.05, 3.63) is 60.0 Å². The summed E-state index contributed by atoms with van der Waals surface area (Å²) in [6.07, 6.45) is 0. The summed E-state index contributed by atoms with van der Waals surface area (Å²) in [5.74, 6) is 1.69. The first-order valence-electron chi connectivity index (χ1n) is 6.86. The predicted molar refractivity (Wildman–Crippen MR) is 85.3 cm³/mol. The van der Waals surface area contributed by atoms with Gasteiger partial charge < -0.3 is 9.15 Å². The number of fused-ring (bicyclic) bond motifs is 1. The molecule has 3 aromatic rings. The van der Waals surface area contributed by atoms with Crippen LogP contribution >= 0.6 is 0 Å². The Morgan fingerprint density at radius 3 is 2.33 bits per heavy atom. The van der Waals surface area contributed by atoms with Crippen LogP contribution in [0.15, 0.2) is 59.0 Å². The summed E-state index contributed by atoms with van der Waals surface area (Å²) in [5, 5.41) is 2.25. The normalized spacial score (nSPS) is 10.6. The van der Waals surface area contributed by atoms with Gasteiger partial charge in [-0.25, -0.2) is 4.58 Å². The molecule has 3 nitrogen and oxygen atoms in total. The van der Waals surface area contributed by atoms with E-state index >= 15 is 0 Å². The van der Waals surface area contributed by atoms with Crippen molar-refractivity contribution in [1.82, 2.24) is 4.58 Å². The lowest BCUT2D eigenvalue weighted by Gasteiger charge is -2.05. The second-order valence-electron chi connectivity index (χ2n) is 5.11. The van der Waals surface area contributed by atoms with E-state index in [0.717, 1.165) is 33.4 Å². The van der Waals surface area contributed by atoms with Crippen LogP contribution in [-0.2, 0) is 0 Å². The topological polar surface area (TPSA) is 25.4 Å². The molecule has 0 bridgehead atoms. The van der Waals surface area contributed by atoms with Gasteiger partial charge in [0.1, 0.15) is 31.2 Å². The fourth-order valence-corrected chi connectivity index (χ4v) is 2.38. The van der Waals surface area contributed by atoms with E-state index in [0.29, 0.717) is 0 Å². The minimum atomic E-state index is 0.840. The molecule has 0 spiro atoms. The van der Waals surface area contributed by atoms with Gasteiger partial charge >= 0.3 is 0 Å². The van der Waals surface area contributed by atoms with E-state index in [1.807, 2.05) is 56.6 Å². The largest absolute Gasteiger partial charge is 0.497 e. The van der Waals surface area contributed by atoms with Crippen molar-refractivity contribution in [2.75, 3.05) is 21.2 Å². The van der Waals surface area contributed by atoms with Crippen molar-refractivity contribution in [2.45, 2.75) is 0 Å². The zero-order chi connectivity index (χ0) is 14.8. The van der Waals surface area contributed by atoms with E-state index in [9.17, 15) is 0 Å². The molecule has 1 aromatic heterocycles. The molecule has 0 atom stereocenters. The number of methoxy groups -OCH3 is 1. The number of hydrogen-bond donors (Lipinski definition) is 0. The fraction of sp³-hybridized carbons (Fsp3) is 0.167. The number of rotatable bonds is 2. The summed E-state index contributed by atoms with van der Waals surface area (Å²) in [5.41, 5.74) is 1.92. The molecule has 0 aliphatic heterocycles. The second-order valence-corrected chi connectivity index (χ2v) is 5.11. The predicted octanol–water partition coefficient (Wildman–Crippen LogP) is 3.14. The maximum atomic E-state index is 6.04. The molecule has 0 fully saturated rings. The van der Waals surface area contributed by atoms with Gasteiger partial charge in [-0.3, -0.25) is 0 Å². The number of nitrogens with zero attached hydrogens (tertiary/aromatic N) is 1. The summed E-state index contributed by atoms with van der Waals surface area (Å²) >= 11 is 0. The number of ether oxygens (including phenoxy) is 1. The SMILES string of the molecule is COc1ccc(-c2cc(=[N+](C)C)c3ccccc3o2)cc1. The van der Waals surface area contributed by atoms with Gasteiger partial charge in [0.05, 0.1) is 18.6 Å². The Bertz CT molecular complexity index is 841. The monoisotopic (exact) mass is 280 g/mol. The van der Waals surface area contributed by atoms with Crippen molar-refractivity contribution in [2.24, 2.45) is 0 Å². The molecule has 0 saturated carbocycles. The quantitative estimate of drug-likeness (QED) is 0.674. The van der Waals surface area contributed by atoms with Gasteiger partial charge in [-0.2, -0.15) is 0 Å². The van der Waals surface area contributed by atoms with Crippen LogP contribution in [-0.4, -0.2) is 21.2 Å². The molecule has 0 aliphatic carbocycles. The molecule has 21 heavy (non-hydrogen) atoms. The van der Waals surface area contributed by atoms with Crippen LogP contribution in [0, 0.1) is 0 Å². The van der Waals surface area contributed by atoms with Crippen molar-refractivity contribution < 1.29 is 9.15 Å². The molecular weight excluding hydrogens is 262 g/mol. The molecule has 0 unspecified atom stereocenters. The summed E-state index contributed by atoms with van der Waals surface area (Å²) in [7, 11) is 5.75. The Kier molecular flexibility index (Phi) is 3.48. The average molecular weight is 280 g/mol. The maximum absolute atomic E-state index is 6.04.